The summed E-state index contributed by atoms with van der Waals surface area (Å²) >= 11 is 0. The fourth-order valence-corrected chi connectivity index (χ4v) is 3.21. The number of nitrogens with two attached hydrogens (primary N) is 1. The van der Waals surface area contributed by atoms with Crippen LogP contribution < -0.4 is 5.73 Å². The van der Waals surface area contributed by atoms with Crippen molar-refractivity contribution in [1.29, 1.82) is 0 Å². The van der Waals surface area contributed by atoms with Gasteiger partial charge in [0, 0.05) is 31.7 Å². The first-order valence-electron chi connectivity index (χ1n) is 7.44. The number of carbonyl (C=O) groups excluding carboxylic acids is 1. The quantitative estimate of drug-likeness (QED) is 0.909. The van der Waals surface area contributed by atoms with Crippen molar-refractivity contribution in [2.75, 3.05) is 19.7 Å². The van der Waals surface area contributed by atoms with E-state index in [-0.39, 0.29) is 24.0 Å². The smallest absolute Gasteiger partial charge is 0.225 e. The molecular weight excluding hydrogens is 252 g/mol. The van der Waals surface area contributed by atoms with E-state index in [0.29, 0.717) is 13.0 Å². The van der Waals surface area contributed by atoms with Gasteiger partial charge >= 0.3 is 0 Å². The van der Waals surface area contributed by atoms with Crippen molar-refractivity contribution < 1.29 is 9.53 Å². The van der Waals surface area contributed by atoms with E-state index in [4.69, 9.17) is 10.5 Å². The maximum atomic E-state index is 12.3. The molecule has 0 aromatic heterocycles. The summed E-state index contributed by atoms with van der Waals surface area (Å²) in [5.74, 6) is 0.440. The zero-order chi connectivity index (χ0) is 13.9. The van der Waals surface area contributed by atoms with Crippen LogP contribution in [-0.4, -0.2) is 42.6 Å². The molecular formula is C16H22N2O2. The summed E-state index contributed by atoms with van der Waals surface area (Å²) in [6, 6.07) is 10.3. The molecule has 2 saturated heterocycles. The van der Waals surface area contributed by atoms with E-state index in [9.17, 15) is 4.79 Å². The van der Waals surface area contributed by atoms with Crippen LogP contribution in [0.2, 0.25) is 0 Å². The van der Waals surface area contributed by atoms with Crippen molar-refractivity contribution in [2.45, 2.75) is 37.3 Å². The minimum absolute atomic E-state index is 0.0332. The molecule has 2 heterocycles. The summed E-state index contributed by atoms with van der Waals surface area (Å²) in [6.45, 7) is 2.19. The Bertz CT molecular complexity index is 457. The molecule has 1 aromatic carbocycles. The molecule has 0 spiro atoms. The standard InChI is InChI=1S/C16H22N2O2/c17-15-11-18(16(19)9-13-7-4-8-20-13)10-14(15)12-5-2-1-3-6-12/h1-3,5-6,13-15H,4,7-11,17H2/t13?,14-,15+/m0/s1. The van der Waals surface area contributed by atoms with Crippen LogP contribution >= 0.6 is 0 Å². The van der Waals surface area contributed by atoms with Crippen molar-refractivity contribution in [3.05, 3.63) is 35.9 Å². The summed E-state index contributed by atoms with van der Waals surface area (Å²) in [5, 5.41) is 0. The lowest BCUT2D eigenvalue weighted by Crippen LogP contribution is -2.33. The number of hydrogen-bond acceptors (Lipinski definition) is 3. The van der Waals surface area contributed by atoms with Crippen LogP contribution in [0.5, 0.6) is 0 Å². The molecule has 1 unspecified atom stereocenters. The van der Waals surface area contributed by atoms with E-state index < -0.39 is 0 Å². The largest absolute Gasteiger partial charge is 0.378 e. The monoisotopic (exact) mass is 274 g/mol. The number of carbonyl (C=O) groups is 1. The number of amides is 1. The Morgan fingerprint density at radius 1 is 1.30 bits per heavy atom. The van der Waals surface area contributed by atoms with Crippen molar-refractivity contribution in [1.82, 2.24) is 4.90 Å². The molecule has 2 aliphatic rings. The van der Waals surface area contributed by atoms with Crippen molar-refractivity contribution in [3.8, 4) is 0 Å². The maximum absolute atomic E-state index is 12.3. The van der Waals surface area contributed by atoms with Gasteiger partial charge in [0.05, 0.1) is 12.5 Å². The van der Waals surface area contributed by atoms with Gasteiger partial charge in [0.15, 0.2) is 0 Å². The van der Waals surface area contributed by atoms with Gasteiger partial charge in [0.25, 0.3) is 0 Å². The minimum atomic E-state index is 0.0332. The van der Waals surface area contributed by atoms with Gasteiger partial charge in [-0.3, -0.25) is 4.79 Å². The van der Waals surface area contributed by atoms with Crippen LogP contribution in [0.3, 0.4) is 0 Å². The molecule has 0 radical (unpaired) electrons. The van der Waals surface area contributed by atoms with Gasteiger partial charge in [-0.2, -0.15) is 0 Å². The van der Waals surface area contributed by atoms with Crippen LogP contribution in [0.25, 0.3) is 0 Å². The Morgan fingerprint density at radius 3 is 2.80 bits per heavy atom. The topological polar surface area (TPSA) is 55.6 Å². The molecule has 0 saturated carbocycles. The molecule has 3 atom stereocenters. The lowest BCUT2D eigenvalue weighted by atomic mass is 9.95. The van der Waals surface area contributed by atoms with E-state index >= 15 is 0 Å². The predicted octanol–water partition coefficient (Wildman–Crippen LogP) is 1.51. The summed E-state index contributed by atoms with van der Waals surface area (Å²) < 4.78 is 5.54. The Balaban J connectivity index is 1.61. The highest BCUT2D eigenvalue weighted by atomic mass is 16.5. The van der Waals surface area contributed by atoms with Crippen LogP contribution in [-0.2, 0) is 9.53 Å². The highest BCUT2D eigenvalue weighted by Gasteiger charge is 2.34. The van der Waals surface area contributed by atoms with Gasteiger partial charge in [0.1, 0.15) is 0 Å². The average Bonchev–Trinajstić information content (AvgIpc) is 3.09. The Hall–Kier alpha value is -1.39. The highest BCUT2D eigenvalue weighted by Crippen LogP contribution is 2.27. The lowest BCUT2D eigenvalue weighted by Gasteiger charge is -2.18. The first-order valence-corrected chi connectivity index (χ1v) is 7.44. The van der Waals surface area contributed by atoms with E-state index in [1.165, 1.54) is 5.56 Å². The molecule has 0 bridgehead atoms. The molecule has 2 aliphatic heterocycles. The van der Waals surface area contributed by atoms with Crippen molar-refractivity contribution in [3.63, 3.8) is 0 Å². The van der Waals surface area contributed by atoms with Gasteiger partial charge < -0.3 is 15.4 Å². The van der Waals surface area contributed by atoms with Gasteiger partial charge in [-0.05, 0) is 18.4 Å². The average molecular weight is 274 g/mol. The van der Waals surface area contributed by atoms with Crippen LogP contribution in [0, 0.1) is 0 Å². The number of hydrogen-bond donors (Lipinski definition) is 1. The second-order valence-corrected chi connectivity index (χ2v) is 5.82. The molecule has 108 valence electrons. The van der Waals surface area contributed by atoms with Crippen molar-refractivity contribution >= 4 is 5.91 Å². The van der Waals surface area contributed by atoms with E-state index in [1.807, 2.05) is 23.1 Å². The number of benzene rings is 1. The molecule has 1 aromatic rings. The number of rotatable bonds is 3. The third-order valence-electron chi connectivity index (χ3n) is 4.37. The highest BCUT2D eigenvalue weighted by molar-refractivity contribution is 5.77. The zero-order valence-corrected chi connectivity index (χ0v) is 11.7. The summed E-state index contributed by atoms with van der Waals surface area (Å²) in [5.41, 5.74) is 7.45. The summed E-state index contributed by atoms with van der Waals surface area (Å²) in [7, 11) is 0. The predicted molar refractivity (Wildman–Crippen MR) is 77.3 cm³/mol. The Morgan fingerprint density at radius 2 is 2.10 bits per heavy atom. The number of ether oxygens (including phenoxy) is 1. The summed E-state index contributed by atoms with van der Waals surface area (Å²) in [4.78, 5) is 14.2. The zero-order valence-electron chi connectivity index (χ0n) is 11.7. The molecule has 4 heteroatoms. The third-order valence-corrected chi connectivity index (χ3v) is 4.37. The third kappa shape index (κ3) is 2.86. The van der Waals surface area contributed by atoms with Crippen LogP contribution in [0.1, 0.15) is 30.7 Å². The molecule has 3 rings (SSSR count). The van der Waals surface area contributed by atoms with Crippen LogP contribution in [0.4, 0.5) is 0 Å². The van der Waals surface area contributed by atoms with Crippen LogP contribution in [0.15, 0.2) is 30.3 Å². The van der Waals surface area contributed by atoms with E-state index in [1.54, 1.807) is 0 Å². The molecule has 2 fully saturated rings. The first-order chi connectivity index (χ1) is 9.74. The second-order valence-electron chi connectivity index (χ2n) is 5.82. The Kier molecular flexibility index (Phi) is 4.03. The van der Waals surface area contributed by atoms with Gasteiger partial charge in [-0.1, -0.05) is 30.3 Å². The second kappa shape index (κ2) is 5.94. The van der Waals surface area contributed by atoms with Gasteiger partial charge in [-0.15, -0.1) is 0 Å². The molecule has 2 N–H and O–H groups in total. The lowest BCUT2D eigenvalue weighted by molar-refractivity contribution is -0.132. The number of likely N-dealkylation sites (tertiary alicyclic amines) is 1. The first kappa shape index (κ1) is 13.6. The van der Waals surface area contributed by atoms with Gasteiger partial charge in [0.2, 0.25) is 5.91 Å². The minimum Gasteiger partial charge on any atom is -0.378 e. The SMILES string of the molecule is N[C@@H]1CN(C(=O)CC2CCCO2)C[C@H]1c1ccccc1. The molecule has 1 amide bonds. The maximum Gasteiger partial charge on any atom is 0.225 e. The Labute approximate surface area is 119 Å². The van der Waals surface area contributed by atoms with E-state index in [2.05, 4.69) is 12.1 Å². The van der Waals surface area contributed by atoms with E-state index in [0.717, 1.165) is 26.0 Å². The van der Waals surface area contributed by atoms with Crippen molar-refractivity contribution in [2.24, 2.45) is 5.73 Å². The molecule has 20 heavy (non-hydrogen) atoms. The molecule has 4 nitrogen and oxygen atoms in total. The summed E-state index contributed by atoms with van der Waals surface area (Å²) in [6.07, 6.45) is 2.71. The number of nitrogens with zero attached hydrogens (tertiary/aromatic N) is 1. The molecule has 0 aliphatic carbocycles. The van der Waals surface area contributed by atoms with Gasteiger partial charge in [-0.25, -0.2) is 0 Å². The fourth-order valence-electron chi connectivity index (χ4n) is 3.21. The fraction of sp³-hybridized carbons (Fsp3) is 0.562. The normalized spacial score (nSPS) is 29.9.